The van der Waals surface area contributed by atoms with Crippen LogP contribution in [0.5, 0.6) is 0 Å². The molecule has 0 unspecified atom stereocenters. The van der Waals surface area contributed by atoms with E-state index in [1.54, 1.807) is 0 Å². The maximum absolute atomic E-state index is 11.9. The van der Waals surface area contributed by atoms with Crippen LogP contribution in [0.25, 0.3) is 0 Å². The Balaban J connectivity index is 1.90. The van der Waals surface area contributed by atoms with Crippen molar-refractivity contribution in [2.75, 3.05) is 38.0 Å². The van der Waals surface area contributed by atoms with Crippen molar-refractivity contribution in [1.29, 1.82) is 0 Å². The van der Waals surface area contributed by atoms with E-state index >= 15 is 0 Å². The fourth-order valence-electron chi connectivity index (χ4n) is 1.85. The average Bonchev–Trinajstić information content (AvgIpc) is 2.34. The average molecular weight is 380 g/mol. The molecule has 2 rings (SSSR count). The molecular formula is C12H15ClIN3O. The fraction of sp³-hybridized carbons (Fsp3) is 0.417. The smallest absolute Gasteiger partial charge is 0.238 e. The first-order valence-electron chi connectivity index (χ1n) is 5.83. The van der Waals surface area contributed by atoms with E-state index in [9.17, 15) is 4.79 Å². The molecule has 2 N–H and O–H groups in total. The van der Waals surface area contributed by atoms with Crippen LogP contribution >= 0.6 is 34.2 Å². The van der Waals surface area contributed by atoms with E-state index in [1.807, 2.05) is 18.2 Å². The first kappa shape index (κ1) is 14.0. The summed E-state index contributed by atoms with van der Waals surface area (Å²) in [6.07, 6.45) is 0. The standard InChI is InChI=1S/C12H15ClIN3O/c13-10-7-9(14)1-2-11(10)16-12(18)8-17-5-3-15-4-6-17/h1-2,7,15H,3-6,8H2,(H,16,18). The molecule has 0 spiro atoms. The molecule has 0 bridgehead atoms. The van der Waals surface area contributed by atoms with Gasteiger partial charge in [-0.2, -0.15) is 0 Å². The van der Waals surface area contributed by atoms with Crippen LogP contribution in [0, 0.1) is 3.57 Å². The Morgan fingerprint density at radius 2 is 2.17 bits per heavy atom. The summed E-state index contributed by atoms with van der Waals surface area (Å²) < 4.78 is 1.05. The molecule has 1 aromatic rings. The Morgan fingerprint density at radius 3 is 2.83 bits per heavy atom. The van der Waals surface area contributed by atoms with Crippen LogP contribution in [0.3, 0.4) is 0 Å². The van der Waals surface area contributed by atoms with Gasteiger partial charge in [-0.05, 0) is 40.8 Å². The van der Waals surface area contributed by atoms with Crippen molar-refractivity contribution in [2.45, 2.75) is 0 Å². The maximum Gasteiger partial charge on any atom is 0.238 e. The predicted molar refractivity (Wildman–Crippen MR) is 82.1 cm³/mol. The summed E-state index contributed by atoms with van der Waals surface area (Å²) in [5.41, 5.74) is 0.678. The molecule has 0 aliphatic carbocycles. The minimum absolute atomic E-state index is 0.0139. The first-order valence-corrected chi connectivity index (χ1v) is 7.29. The molecule has 0 saturated carbocycles. The van der Waals surface area contributed by atoms with Crippen molar-refractivity contribution >= 4 is 45.8 Å². The van der Waals surface area contributed by atoms with Gasteiger partial charge in [0, 0.05) is 29.7 Å². The van der Waals surface area contributed by atoms with Gasteiger partial charge >= 0.3 is 0 Å². The minimum atomic E-state index is -0.0139. The molecule has 4 nitrogen and oxygen atoms in total. The van der Waals surface area contributed by atoms with Crippen LogP contribution in [-0.2, 0) is 4.79 Å². The fourth-order valence-corrected chi connectivity index (χ4v) is 2.76. The normalized spacial score (nSPS) is 16.6. The molecule has 1 saturated heterocycles. The lowest BCUT2D eigenvalue weighted by Crippen LogP contribution is -2.46. The maximum atomic E-state index is 11.9. The van der Waals surface area contributed by atoms with E-state index in [0.717, 1.165) is 29.7 Å². The zero-order valence-electron chi connectivity index (χ0n) is 9.88. The van der Waals surface area contributed by atoms with Crippen LogP contribution in [0.4, 0.5) is 5.69 Å². The lowest BCUT2D eigenvalue weighted by atomic mass is 10.3. The molecule has 0 aromatic heterocycles. The van der Waals surface area contributed by atoms with Gasteiger partial charge in [0.1, 0.15) is 0 Å². The Labute approximate surface area is 125 Å². The third kappa shape index (κ3) is 4.08. The van der Waals surface area contributed by atoms with Gasteiger partial charge in [-0.15, -0.1) is 0 Å². The van der Waals surface area contributed by atoms with E-state index in [1.165, 1.54) is 0 Å². The number of hydrogen-bond donors (Lipinski definition) is 2. The summed E-state index contributed by atoms with van der Waals surface area (Å²) in [6.45, 7) is 4.13. The molecule has 1 aliphatic rings. The number of anilines is 1. The van der Waals surface area contributed by atoms with Crippen LogP contribution in [0.2, 0.25) is 5.02 Å². The van der Waals surface area contributed by atoms with Gasteiger partial charge in [0.15, 0.2) is 0 Å². The summed E-state index contributed by atoms with van der Waals surface area (Å²) >= 11 is 8.26. The van der Waals surface area contributed by atoms with Gasteiger partial charge in [0.25, 0.3) is 0 Å². The van der Waals surface area contributed by atoms with Crippen molar-refractivity contribution in [3.8, 4) is 0 Å². The van der Waals surface area contributed by atoms with Gasteiger partial charge in [0.05, 0.1) is 17.3 Å². The van der Waals surface area contributed by atoms with Gasteiger partial charge < -0.3 is 10.6 Å². The lowest BCUT2D eigenvalue weighted by Gasteiger charge is -2.26. The van der Waals surface area contributed by atoms with Crippen LogP contribution in [0.15, 0.2) is 18.2 Å². The highest BCUT2D eigenvalue weighted by molar-refractivity contribution is 14.1. The van der Waals surface area contributed by atoms with Gasteiger partial charge in [-0.25, -0.2) is 0 Å². The molecule has 1 aliphatic heterocycles. The predicted octanol–water partition coefficient (Wildman–Crippen LogP) is 1.79. The highest BCUT2D eigenvalue weighted by atomic mass is 127. The largest absolute Gasteiger partial charge is 0.324 e. The number of nitrogens with zero attached hydrogens (tertiary/aromatic N) is 1. The number of hydrogen-bond acceptors (Lipinski definition) is 3. The van der Waals surface area contributed by atoms with Crippen molar-refractivity contribution in [3.63, 3.8) is 0 Å². The molecule has 0 radical (unpaired) electrons. The SMILES string of the molecule is O=C(CN1CCNCC1)Nc1ccc(I)cc1Cl. The van der Waals surface area contributed by atoms with Crippen LogP contribution in [0.1, 0.15) is 0 Å². The number of halogens is 2. The molecule has 1 fully saturated rings. The molecule has 1 amide bonds. The zero-order chi connectivity index (χ0) is 13.0. The Kier molecular flexibility index (Phi) is 5.23. The van der Waals surface area contributed by atoms with Gasteiger partial charge in [-0.1, -0.05) is 11.6 Å². The molecule has 98 valence electrons. The third-order valence-corrected chi connectivity index (χ3v) is 3.77. The number of carbonyl (C=O) groups excluding carboxylic acids is 1. The number of nitrogens with one attached hydrogen (secondary N) is 2. The molecule has 1 aromatic carbocycles. The van der Waals surface area contributed by atoms with E-state index in [2.05, 4.69) is 38.1 Å². The molecule has 6 heteroatoms. The Hall–Kier alpha value is -0.370. The quantitative estimate of drug-likeness (QED) is 0.787. The number of piperazine rings is 1. The zero-order valence-corrected chi connectivity index (χ0v) is 12.8. The summed E-state index contributed by atoms with van der Waals surface area (Å²) in [4.78, 5) is 14.0. The van der Waals surface area contributed by atoms with E-state index < -0.39 is 0 Å². The van der Waals surface area contributed by atoms with Crippen LogP contribution in [-0.4, -0.2) is 43.5 Å². The van der Waals surface area contributed by atoms with E-state index in [-0.39, 0.29) is 5.91 Å². The summed E-state index contributed by atoms with van der Waals surface area (Å²) in [5, 5.41) is 6.69. The summed E-state index contributed by atoms with van der Waals surface area (Å²) in [6, 6.07) is 5.59. The van der Waals surface area contributed by atoms with Crippen LogP contribution < -0.4 is 10.6 Å². The van der Waals surface area contributed by atoms with Crippen molar-refractivity contribution in [2.24, 2.45) is 0 Å². The second-order valence-electron chi connectivity index (χ2n) is 4.20. The number of carbonyl (C=O) groups is 1. The topological polar surface area (TPSA) is 44.4 Å². The third-order valence-electron chi connectivity index (χ3n) is 2.78. The first-order chi connectivity index (χ1) is 8.65. The van der Waals surface area contributed by atoms with E-state index in [4.69, 9.17) is 11.6 Å². The number of benzene rings is 1. The minimum Gasteiger partial charge on any atom is -0.324 e. The molecule has 1 heterocycles. The second kappa shape index (κ2) is 6.70. The molecule has 18 heavy (non-hydrogen) atoms. The number of rotatable bonds is 3. The van der Waals surface area contributed by atoms with E-state index in [0.29, 0.717) is 17.3 Å². The highest BCUT2D eigenvalue weighted by Crippen LogP contribution is 2.23. The van der Waals surface area contributed by atoms with Crippen molar-refractivity contribution in [3.05, 3.63) is 26.8 Å². The molecule has 0 atom stereocenters. The monoisotopic (exact) mass is 379 g/mol. The molecular weight excluding hydrogens is 365 g/mol. The number of amides is 1. The Morgan fingerprint density at radius 1 is 1.44 bits per heavy atom. The highest BCUT2D eigenvalue weighted by Gasteiger charge is 2.14. The van der Waals surface area contributed by atoms with Crippen molar-refractivity contribution < 1.29 is 4.79 Å². The summed E-state index contributed by atoms with van der Waals surface area (Å²) in [5.74, 6) is -0.0139. The summed E-state index contributed by atoms with van der Waals surface area (Å²) in [7, 11) is 0. The lowest BCUT2D eigenvalue weighted by molar-refractivity contribution is -0.117. The Bertz CT molecular complexity index is 435. The van der Waals surface area contributed by atoms with Crippen molar-refractivity contribution in [1.82, 2.24) is 10.2 Å². The second-order valence-corrected chi connectivity index (χ2v) is 5.85. The van der Waals surface area contributed by atoms with Gasteiger partial charge in [-0.3, -0.25) is 9.69 Å². The van der Waals surface area contributed by atoms with Gasteiger partial charge in [0.2, 0.25) is 5.91 Å².